The van der Waals surface area contributed by atoms with Gasteiger partial charge in [-0.1, -0.05) is 0 Å². The van der Waals surface area contributed by atoms with Crippen LogP contribution in [0.5, 0.6) is 0 Å². The number of ether oxygens (including phenoxy) is 2. The van der Waals surface area contributed by atoms with Gasteiger partial charge in [0, 0.05) is 33.9 Å². The van der Waals surface area contributed by atoms with E-state index in [0.29, 0.717) is 39.1 Å². The molecule has 7 nitrogen and oxygen atoms in total. The molecule has 7 heteroatoms. The van der Waals surface area contributed by atoms with E-state index in [-0.39, 0.29) is 18.1 Å². The fourth-order valence-corrected chi connectivity index (χ4v) is 2.04. The lowest BCUT2D eigenvalue weighted by atomic mass is 9.97. The van der Waals surface area contributed by atoms with Crippen LogP contribution >= 0.6 is 0 Å². The first-order chi connectivity index (χ1) is 9.08. The van der Waals surface area contributed by atoms with E-state index in [0.717, 1.165) is 0 Å². The fourth-order valence-electron chi connectivity index (χ4n) is 2.04. The second kappa shape index (κ2) is 7.96. The molecule has 1 atom stereocenters. The standard InChI is InChI=1S/C12H22N2O5/c1-18-8-10(19-2)7-13-12(17)14-5-3-9(4-6-14)11(15)16/h9-10H,3-8H2,1-2H3,(H,13,17)(H,15,16). The van der Waals surface area contributed by atoms with Crippen LogP contribution in [0.15, 0.2) is 0 Å². The molecule has 110 valence electrons. The largest absolute Gasteiger partial charge is 0.481 e. The Labute approximate surface area is 112 Å². The Kier molecular flexibility index (Phi) is 6.58. The number of piperidine rings is 1. The van der Waals surface area contributed by atoms with Crippen LogP contribution in [-0.4, -0.2) is 68.6 Å². The summed E-state index contributed by atoms with van der Waals surface area (Å²) in [6, 6.07) is -0.179. The molecule has 0 spiro atoms. The molecule has 2 N–H and O–H groups in total. The predicted molar refractivity (Wildman–Crippen MR) is 68.0 cm³/mol. The van der Waals surface area contributed by atoms with Crippen LogP contribution in [0.2, 0.25) is 0 Å². The molecular weight excluding hydrogens is 252 g/mol. The molecule has 1 saturated heterocycles. The minimum absolute atomic E-state index is 0.175. The summed E-state index contributed by atoms with van der Waals surface area (Å²) in [5.74, 6) is -1.11. The second-order valence-corrected chi connectivity index (χ2v) is 4.60. The van der Waals surface area contributed by atoms with Gasteiger partial charge >= 0.3 is 12.0 Å². The normalized spacial score (nSPS) is 18.1. The van der Waals surface area contributed by atoms with Gasteiger partial charge in [-0.15, -0.1) is 0 Å². The lowest BCUT2D eigenvalue weighted by Gasteiger charge is -2.30. The summed E-state index contributed by atoms with van der Waals surface area (Å²) in [6.07, 6.45) is 0.841. The molecule has 1 rings (SSSR count). The number of carbonyl (C=O) groups excluding carboxylic acids is 1. The number of nitrogens with one attached hydrogen (secondary N) is 1. The SMILES string of the molecule is COCC(CNC(=O)N1CCC(C(=O)O)CC1)OC. The maximum atomic E-state index is 11.9. The number of amides is 2. The van der Waals surface area contributed by atoms with E-state index in [1.54, 1.807) is 19.1 Å². The molecule has 1 aliphatic heterocycles. The van der Waals surface area contributed by atoms with Crippen molar-refractivity contribution in [1.82, 2.24) is 10.2 Å². The minimum atomic E-state index is -0.778. The van der Waals surface area contributed by atoms with E-state index >= 15 is 0 Å². The number of hydrogen-bond donors (Lipinski definition) is 2. The van der Waals surface area contributed by atoms with Crippen molar-refractivity contribution in [2.45, 2.75) is 18.9 Å². The van der Waals surface area contributed by atoms with E-state index in [2.05, 4.69) is 5.32 Å². The maximum Gasteiger partial charge on any atom is 0.317 e. The van der Waals surface area contributed by atoms with Gasteiger partial charge < -0.3 is 24.8 Å². The number of rotatable bonds is 6. The van der Waals surface area contributed by atoms with E-state index in [4.69, 9.17) is 14.6 Å². The number of carbonyl (C=O) groups is 2. The van der Waals surface area contributed by atoms with Crippen molar-refractivity contribution < 1.29 is 24.2 Å². The summed E-state index contributed by atoms with van der Waals surface area (Å²) in [7, 11) is 3.14. The molecule has 2 amide bonds. The quantitative estimate of drug-likeness (QED) is 0.720. The third kappa shape index (κ3) is 5.04. The van der Waals surface area contributed by atoms with Gasteiger partial charge in [-0.25, -0.2) is 4.79 Å². The first kappa shape index (κ1) is 15.7. The molecule has 0 aromatic carbocycles. The van der Waals surface area contributed by atoms with Gasteiger partial charge in [-0.2, -0.15) is 0 Å². The summed E-state index contributed by atoms with van der Waals surface area (Å²) in [6.45, 7) is 1.75. The number of hydrogen-bond acceptors (Lipinski definition) is 4. The molecule has 0 bridgehead atoms. The lowest BCUT2D eigenvalue weighted by molar-refractivity contribution is -0.143. The zero-order valence-electron chi connectivity index (χ0n) is 11.4. The average molecular weight is 274 g/mol. The van der Waals surface area contributed by atoms with Crippen molar-refractivity contribution in [2.75, 3.05) is 40.5 Å². The third-order valence-electron chi connectivity index (χ3n) is 3.30. The molecule has 1 heterocycles. The Bertz CT molecular complexity index is 302. The Morgan fingerprint density at radius 3 is 2.47 bits per heavy atom. The molecule has 0 saturated carbocycles. The number of urea groups is 1. The van der Waals surface area contributed by atoms with Gasteiger partial charge in [0.25, 0.3) is 0 Å². The highest BCUT2D eigenvalue weighted by Gasteiger charge is 2.27. The van der Waals surface area contributed by atoms with Crippen molar-refractivity contribution in [1.29, 1.82) is 0 Å². The number of likely N-dealkylation sites (tertiary alicyclic amines) is 1. The summed E-state index contributed by atoms with van der Waals surface area (Å²) in [4.78, 5) is 24.3. The maximum absolute atomic E-state index is 11.9. The highest BCUT2D eigenvalue weighted by Crippen LogP contribution is 2.17. The Morgan fingerprint density at radius 2 is 2.00 bits per heavy atom. The predicted octanol–water partition coefficient (Wildman–Crippen LogP) is 0.154. The molecule has 1 unspecified atom stereocenters. The Hall–Kier alpha value is -1.34. The Balaban J connectivity index is 2.29. The van der Waals surface area contributed by atoms with Gasteiger partial charge in [0.05, 0.1) is 18.6 Å². The minimum Gasteiger partial charge on any atom is -0.481 e. The molecular formula is C12H22N2O5. The topological polar surface area (TPSA) is 88.1 Å². The van der Waals surface area contributed by atoms with Crippen LogP contribution in [-0.2, 0) is 14.3 Å². The summed E-state index contributed by atoms with van der Waals surface area (Å²) in [5, 5.41) is 11.6. The van der Waals surface area contributed by atoms with Gasteiger partial charge in [-0.05, 0) is 12.8 Å². The molecule has 0 aliphatic carbocycles. The van der Waals surface area contributed by atoms with Crippen molar-refractivity contribution in [2.24, 2.45) is 5.92 Å². The molecule has 19 heavy (non-hydrogen) atoms. The van der Waals surface area contributed by atoms with Crippen molar-refractivity contribution >= 4 is 12.0 Å². The molecule has 0 aromatic rings. The second-order valence-electron chi connectivity index (χ2n) is 4.60. The van der Waals surface area contributed by atoms with Crippen LogP contribution in [0.3, 0.4) is 0 Å². The van der Waals surface area contributed by atoms with E-state index in [9.17, 15) is 9.59 Å². The van der Waals surface area contributed by atoms with Crippen LogP contribution < -0.4 is 5.32 Å². The number of nitrogens with zero attached hydrogens (tertiary/aromatic N) is 1. The van der Waals surface area contributed by atoms with E-state index in [1.165, 1.54) is 0 Å². The summed E-state index contributed by atoms with van der Waals surface area (Å²) >= 11 is 0. The number of methoxy groups -OCH3 is 2. The van der Waals surface area contributed by atoms with Gasteiger partial charge in [0.1, 0.15) is 0 Å². The smallest absolute Gasteiger partial charge is 0.317 e. The first-order valence-electron chi connectivity index (χ1n) is 6.35. The zero-order valence-corrected chi connectivity index (χ0v) is 11.4. The van der Waals surface area contributed by atoms with Crippen LogP contribution in [0.25, 0.3) is 0 Å². The van der Waals surface area contributed by atoms with Crippen molar-refractivity contribution in [3.63, 3.8) is 0 Å². The first-order valence-corrected chi connectivity index (χ1v) is 6.35. The van der Waals surface area contributed by atoms with Gasteiger partial charge in [-0.3, -0.25) is 4.79 Å². The third-order valence-corrected chi connectivity index (χ3v) is 3.30. The fraction of sp³-hybridized carbons (Fsp3) is 0.833. The van der Waals surface area contributed by atoms with Crippen molar-refractivity contribution in [3.05, 3.63) is 0 Å². The van der Waals surface area contributed by atoms with E-state index in [1.807, 2.05) is 0 Å². The highest BCUT2D eigenvalue weighted by atomic mass is 16.5. The van der Waals surface area contributed by atoms with E-state index < -0.39 is 5.97 Å². The number of carboxylic acid groups (broad SMARTS) is 1. The van der Waals surface area contributed by atoms with Crippen molar-refractivity contribution in [3.8, 4) is 0 Å². The average Bonchev–Trinajstić information content (AvgIpc) is 2.43. The van der Waals surface area contributed by atoms with Gasteiger partial charge in [0.2, 0.25) is 0 Å². The van der Waals surface area contributed by atoms with Crippen LogP contribution in [0.1, 0.15) is 12.8 Å². The van der Waals surface area contributed by atoms with Crippen LogP contribution in [0, 0.1) is 5.92 Å². The molecule has 1 fully saturated rings. The zero-order chi connectivity index (χ0) is 14.3. The highest BCUT2D eigenvalue weighted by molar-refractivity contribution is 5.75. The summed E-state index contributed by atoms with van der Waals surface area (Å²) in [5.41, 5.74) is 0. The Morgan fingerprint density at radius 1 is 1.37 bits per heavy atom. The van der Waals surface area contributed by atoms with Gasteiger partial charge in [0.15, 0.2) is 0 Å². The number of carboxylic acids is 1. The molecule has 1 aliphatic rings. The summed E-state index contributed by atoms with van der Waals surface area (Å²) < 4.78 is 10.1. The molecule has 0 radical (unpaired) electrons. The number of aliphatic carboxylic acids is 1. The lowest BCUT2D eigenvalue weighted by Crippen LogP contribution is -2.47. The molecule has 0 aromatic heterocycles. The van der Waals surface area contributed by atoms with Crippen LogP contribution in [0.4, 0.5) is 4.79 Å². The monoisotopic (exact) mass is 274 g/mol.